The van der Waals surface area contributed by atoms with Crippen LogP contribution in [0.1, 0.15) is 17.3 Å². The molecule has 1 unspecified atom stereocenters. The molecule has 138 valence electrons. The predicted molar refractivity (Wildman–Crippen MR) is 91.3 cm³/mol. The Morgan fingerprint density at radius 1 is 1.00 bits per heavy atom. The van der Waals surface area contributed by atoms with E-state index in [-0.39, 0.29) is 0 Å². The van der Waals surface area contributed by atoms with Crippen molar-refractivity contribution in [2.45, 2.75) is 13.0 Å². The normalized spacial score (nSPS) is 11.4. The number of carbonyl (C=O) groups excluding carboxylic acids is 2. The van der Waals surface area contributed by atoms with E-state index in [0.717, 1.165) is 0 Å². The molecule has 0 aliphatic rings. The summed E-state index contributed by atoms with van der Waals surface area (Å²) >= 11 is 0. The average molecular weight is 362 g/mol. The summed E-state index contributed by atoms with van der Waals surface area (Å²) < 4.78 is 33.4. The molecule has 0 N–H and O–H groups in total. The zero-order valence-electron chi connectivity index (χ0n) is 14.7. The number of carbonyl (C=O) groups is 2. The van der Waals surface area contributed by atoms with Crippen molar-refractivity contribution in [2.75, 3.05) is 20.8 Å². The van der Waals surface area contributed by atoms with Crippen LogP contribution in [0, 0.1) is 5.82 Å². The summed E-state index contributed by atoms with van der Waals surface area (Å²) in [4.78, 5) is 24.1. The van der Waals surface area contributed by atoms with Crippen molar-refractivity contribution >= 4 is 11.8 Å². The number of rotatable bonds is 8. The fourth-order valence-electron chi connectivity index (χ4n) is 2.11. The number of methoxy groups -OCH3 is 2. The van der Waals surface area contributed by atoms with Crippen LogP contribution in [0.15, 0.2) is 42.5 Å². The Hall–Kier alpha value is -3.09. The van der Waals surface area contributed by atoms with Gasteiger partial charge >= 0.3 is 5.97 Å². The van der Waals surface area contributed by atoms with Crippen molar-refractivity contribution in [2.24, 2.45) is 0 Å². The van der Waals surface area contributed by atoms with Crippen LogP contribution >= 0.6 is 0 Å². The molecule has 0 saturated heterocycles. The molecule has 0 amide bonds. The van der Waals surface area contributed by atoms with Crippen LogP contribution in [0.2, 0.25) is 0 Å². The molecule has 0 heterocycles. The second kappa shape index (κ2) is 8.84. The summed E-state index contributed by atoms with van der Waals surface area (Å²) in [6.07, 6.45) is -0.946. The lowest BCUT2D eigenvalue weighted by atomic mass is 10.1. The molecule has 0 aliphatic heterocycles. The second-order valence-corrected chi connectivity index (χ2v) is 5.31. The zero-order valence-corrected chi connectivity index (χ0v) is 14.7. The van der Waals surface area contributed by atoms with E-state index >= 15 is 0 Å². The Balaban J connectivity index is 1.91. The topological polar surface area (TPSA) is 71.1 Å². The van der Waals surface area contributed by atoms with Gasteiger partial charge in [-0.3, -0.25) is 4.79 Å². The monoisotopic (exact) mass is 362 g/mol. The third kappa shape index (κ3) is 4.95. The first kappa shape index (κ1) is 19.2. The highest BCUT2D eigenvalue weighted by Gasteiger charge is 2.19. The number of halogens is 1. The predicted octanol–water partition coefficient (Wildman–Crippen LogP) is 3.04. The third-order valence-electron chi connectivity index (χ3n) is 3.51. The Kier molecular flexibility index (Phi) is 6.54. The molecule has 0 saturated carbocycles. The van der Waals surface area contributed by atoms with Gasteiger partial charge in [-0.1, -0.05) is 0 Å². The summed E-state index contributed by atoms with van der Waals surface area (Å²) in [5, 5.41) is 0. The Labute approximate surface area is 150 Å². The van der Waals surface area contributed by atoms with Crippen molar-refractivity contribution in [3.05, 3.63) is 53.8 Å². The SMILES string of the molecule is COc1ccc(C(=O)COC(=O)C(C)Oc2ccc(F)cc2)cc1OC. The molecule has 0 radical (unpaired) electrons. The van der Waals surface area contributed by atoms with Gasteiger partial charge in [0, 0.05) is 5.56 Å². The zero-order chi connectivity index (χ0) is 19.1. The van der Waals surface area contributed by atoms with Crippen molar-refractivity contribution in [3.8, 4) is 17.2 Å². The number of ketones is 1. The van der Waals surface area contributed by atoms with Crippen LogP contribution in [0.5, 0.6) is 17.2 Å². The maximum atomic E-state index is 12.9. The lowest BCUT2D eigenvalue weighted by molar-refractivity contribution is -0.149. The Morgan fingerprint density at radius 3 is 2.27 bits per heavy atom. The van der Waals surface area contributed by atoms with Gasteiger partial charge in [-0.15, -0.1) is 0 Å². The van der Waals surface area contributed by atoms with Gasteiger partial charge in [0.2, 0.25) is 0 Å². The Bertz CT molecular complexity index is 772. The lowest BCUT2D eigenvalue weighted by Gasteiger charge is -2.14. The summed E-state index contributed by atoms with van der Waals surface area (Å²) in [7, 11) is 2.95. The molecule has 0 fully saturated rings. The molecule has 0 aliphatic carbocycles. The first-order valence-electron chi connectivity index (χ1n) is 7.78. The van der Waals surface area contributed by atoms with Gasteiger partial charge in [-0.05, 0) is 49.4 Å². The van der Waals surface area contributed by atoms with Crippen LogP contribution in [-0.4, -0.2) is 38.7 Å². The van der Waals surface area contributed by atoms with E-state index < -0.39 is 30.3 Å². The van der Waals surface area contributed by atoms with Crippen molar-refractivity contribution in [3.63, 3.8) is 0 Å². The van der Waals surface area contributed by atoms with E-state index in [1.165, 1.54) is 51.5 Å². The molecule has 2 rings (SSSR count). The summed E-state index contributed by atoms with van der Waals surface area (Å²) in [6, 6.07) is 9.88. The second-order valence-electron chi connectivity index (χ2n) is 5.31. The van der Waals surface area contributed by atoms with E-state index in [0.29, 0.717) is 22.8 Å². The minimum absolute atomic E-state index is 0.321. The highest BCUT2D eigenvalue weighted by atomic mass is 19.1. The van der Waals surface area contributed by atoms with E-state index in [2.05, 4.69) is 0 Å². The van der Waals surface area contributed by atoms with Gasteiger partial charge in [0.1, 0.15) is 11.6 Å². The molecule has 26 heavy (non-hydrogen) atoms. The maximum absolute atomic E-state index is 12.9. The fraction of sp³-hybridized carbons (Fsp3) is 0.263. The first-order valence-corrected chi connectivity index (χ1v) is 7.78. The molecule has 1 atom stereocenters. The smallest absolute Gasteiger partial charge is 0.347 e. The molecule has 0 spiro atoms. The van der Waals surface area contributed by atoms with E-state index in [1.54, 1.807) is 12.1 Å². The molecule has 6 nitrogen and oxygen atoms in total. The highest BCUT2D eigenvalue weighted by molar-refractivity contribution is 5.98. The van der Waals surface area contributed by atoms with Gasteiger partial charge in [0.25, 0.3) is 0 Å². The van der Waals surface area contributed by atoms with Gasteiger partial charge in [-0.2, -0.15) is 0 Å². The van der Waals surface area contributed by atoms with Crippen LogP contribution in [0.3, 0.4) is 0 Å². The minimum Gasteiger partial charge on any atom is -0.493 e. The first-order chi connectivity index (χ1) is 12.4. The molecule has 7 heteroatoms. The summed E-state index contributed by atoms with van der Waals surface area (Å²) in [5.74, 6) is -0.299. The number of ether oxygens (including phenoxy) is 4. The van der Waals surface area contributed by atoms with Crippen LogP contribution in [-0.2, 0) is 9.53 Å². The highest BCUT2D eigenvalue weighted by Crippen LogP contribution is 2.27. The standard InChI is InChI=1S/C19H19FO6/c1-12(26-15-7-5-14(20)6-8-15)19(22)25-11-16(21)13-4-9-17(23-2)18(10-13)24-3/h4-10,12H,11H2,1-3H3. The van der Waals surface area contributed by atoms with Gasteiger partial charge < -0.3 is 18.9 Å². The summed E-state index contributed by atoms with van der Waals surface area (Å²) in [5.41, 5.74) is 0.322. The molecular weight excluding hydrogens is 343 g/mol. The summed E-state index contributed by atoms with van der Waals surface area (Å²) in [6.45, 7) is 1.04. The molecule has 2 aromatic carbocycles. The van der Waals surface area contributed by atoms with Crippen LogP contribution in [0.25, 0.3) is 0 Å². The third-order valence-corrected chi connectivity index (χ3v) is 3.51. The van der Waals surface area contributed by atoms with E-state index in [1.807, 2.05) is 0 Å². The average Bonchev–Trinajstić information content (AvgIpc) is 2.66. The number of esters is 1. The van der Waals surface area contributed by atoms with Crippen molar-refractivity contribution in [1.29, 1.82) is 0 Å². The van der Waals surface area contributed by atoms with Crippen molar-refractivity contribution < 1.29 is 32.9 Å². The van der Waals surface area contributed by atoms with Crippen LogP contribution in [0.4, 0.5) is 4.39 Å². The maximum Gasteiger partial charge on any atom is 0.347 e. The molecular formula is C19H19FO6. The number of Topliss-reactive ketones (excluding diaryl/α,β-unsaturated/α-hetero) is 1. The van der Waals surface area contributed by atoms with Crippen molar-refractivity contribution in [1.82, 2.24) is 0 Å². The number of hydrogen-bond donors (Lipinski definition) is 0. The largest absolute Gasteiger partial charge is 0.493 e. The molecule has 0 bridgehead atoms. The van der Waals surface area contributed by atoms with Crippen LogP contribution < -0.4 is 14.2 Å². The van der Waals surface area contributed by atoms with E-state index in [9.17, 15) is 14.0 Å². The quantitative estimate of drug-likeness (QED) is 0.531. The minimum atomic E-state index is -0.946. The van der Waals surface area contributed by atoms with Gasteiger partial charge in [0.05, 0.1) is 14.2 Å². The van der Waals surface area contributed by atoms with E-state index in [4.69, 9.17) is 18.9 Å². The number of benzene rings is 2. The molecule has 2 aromatic rings. The Morgan fingerprint density at radius 2 is 1.65 bits per heavy atom. The van der Waals surface area contributed by atoms with Gasteiger partial charge in [0.15, 0.2) is 30.0 Å². The fourth-order valence-corrected chi connectivity index (χ4v) is 2.11. The molecule has 0 aromatic heterocycles. The number of hydrogen-bond acceptors (Lipinski definition) is 6. The lowest BCUT2D eigenvalue weighted by Crippen LogP contribution is -2.28. The van der Waals surface area contributed by atoms with Gasteiger partial charge in [-0.25, -0.2) is 9.18 Å².